The summed E-state index contributed by atoms with van der Waals surface area (Å²) >= 11 is 0. The van der Waals surface area contributed by atoms with Crippen LogP contribution in [0, 0.1) is 0 Å². The number of phosphoric ester groups is 1. The van der Waals surface area contributed by atoms with Gasteiger partial charge < -0.3 is 20.1 Å². The molecule has 10 heteroatoms. The van der Waals surface area contributed by atoms with Crippen LogP contribution in [-0.2, 0) is 32.7 Å². The summed E-state index contributed by atoms with van der Waals surface area (Å²) in [5.74, 6) is -0.832. The summed E-state index contributed by atoms with van der Waals surface area (Å²) in [5.41, 5.74) is 5.33. The van der Waals surface area contributed by atoms with Gasteiger partial charge in [0.2, 0.25) is 0 Å². The van der Waals surface area contributed by atoms with E-state index in [-0.39, 0.29) is 38.6 Å². The van der Waals surface area contributed by atoms with Crippen LogP contribution in [0.1, 0.15) is 194 Å². The number of hydrogen-bond donors (Lipinski definition) is 2. The van der Waals surface area contributed by atoms with Crippen LogP contribution in [0.4, 0.5) is 0 Å². The topological polar surface area (TPSA) is 134 Å². The number of esters is 2. The Balaban J connectivity index is 4.12. The molecule has 0 rings (SSSR count). The lowest BCUT2D eigenvalue weighted by Gasteiger charge is -2.19. The number of ether oxygens (including phenoxy) is 2. The van der Waals surface area contributed by atoms with Crippen LogP contribution >= 0.6 is 7.82 Å². The third kappa shape index (κ3) is 36.3. The molecule has 0 saturated heterocycles. The van der Waals surface area contributed by atoms with Gasteiger partial charge in [0, 0.05) is 19.4 Å². The van der Waals surface area contributed by atoms with E-state index in [2.05, 4.69) is 26.0 Å². The Morgan fingerprint density at radius 1 is 0.592 bits per heavy atom. The SMILES string of the molecule is CCCC/C=C\CCCCCCCC(=O)OC(COC(=O)CCCCCCCCCCCCCCCCCCC)COP(=O)(O)OCCN. The van der Waals surface area contributed by atoms with Gasteiger partial charge in [-0.2, -0.15) is 0 Å². The lowest BCUT2D eigenvalue weighted by atomic mass is 10.0. The van der Waals surface area contributed by atoms with Gasteiger partial charge in [-0.25, -0.2) is 4.57 Å². The molecule has 0 aliphatic rings. The average Bonchev–Trinajstić information content (AvgIpc) is 3.08. The maximum Gasteiger partial charge on any atom is 0.472 e. The van der Waals surface area contributed by atoms with Gasteiger partial charge in [-0.15, -0.1) is 0 Å². The Bertz CT molecular complexity index is 825. The molecule has 3 N–H and O–H groups in total. The Morgan fingerprint density at radius 3 is 1.51 bits per heavy atom. The highest BCUT2D eigenvalue weighted by molar-refractivity contribution is 7.47. The van der Waals surface area contributed by atoms with Crippen LogP contribution in [0.15, 0.2) is 12.2 Å². The van der Waals surface area contributed by atoms with Crippen molar-refractivity contribution in [2.45, 2.75) is 200 Å². The van der Waals surface area contributed by atoms with Crippen molar-refractivity contribution in [3.05, 3.63) is 12.2 Å². The lowest BCUT2D eigenvalue weighted by molar-refractivity contribution is -0.161. The van der Waals surface area contributed by atoms with E-state index in [4.69, 9.17) is 24.3 Å². The zero-order chi connectivity index (χ0) is 36.1. The molecule has 0 aromatic heterocycles. The van der Waals surface area contributed by atoms with Gasteiger partial charge in [-0.1, -0.05) is 161 Å². The number of unbranched alkanes of at least 4 members (excludes halogenated alkanes) is 23. The van der Waals surface area contributed by atoms with Crippen LogP contribution in [0.25, 0.3) is 0 Å². The zero-order valence-electron chi connectivity index (χ0n) is 31.7. The lowest BCUT2D eigenvalue weighted by Crippen LogP contribution is -2.29. The van der Waals surface area contributed by atoms with Crippen molar-refractivity contribution < 1.29 is 37.6 Å². The van der Waals surface area contributed by atoms with E-state index in [1.807, 2.05) is 0 Å². The van der Waals surface area contributed by atoms with Crippen molar-refractivity contribution in [2.75, 3.05) is 26.4 Å². The van der Waals surface area contributed by atoms with Crippen molar-refractivity contribution in [3.63, 3.8) is 0 Å². The van der Waals surface area contributed by atoms with Crippen LogP contribution in [-0.4, -0.2) is 49.3 Å². The van der Waals surface area contributed by atoms with Crippen molar-refractivity contribution in [3.8, 4) is 0 Å². The third-order valence-electron chi connectivity index (χ3n) is 8.65. The molecule has 0 amide bonds. The molecule has 0 aromatic rings. The summed E-state index contributed by atoms with van der Waals surface area (Å²) in [5, 5.41) is 0. The van der Waals surface area contributed by atoms with E-state index in [0.29, 0.717) is 6.42 Å². The summed E-state index contributed by atoms with van der Waals surface area (Å²) in [6, 6.07) is 0. The molecular formula is C39H76NO8P. The smallest absolute Gasteiger partial charge is 0.462 e. The average molecular weight is 718 g/mol. The number of rotatable bonds is 38. The van der Waals surface area contributed by atoms with Crippen molar-refractivity contribution >= 4 is 19.8 Å². The predicted octanol–water partition coefficient (Wildman–Crippen LogP) is 11.1. The number of allylic oxidation sites excluding steroid dienone is 2. The Morgan fingerprint density at radius 2 is 1.02 bits per heavy atom. The molecule has 0 radical (unpaired) electrons. The molecular weight excluding hydrogens is 641 g/mol. The molecule has 0 aliphatic carbocycles. The van der Waals surface area contributed by atoms with Crippen molar-refractivity contribution in [2.24, 2.45) is 5.73 Å². The quantitative estimate of drug-likeness (QED) is 0.0277. The van der Waals surface area contributed by atoms with Crippen molar-refractivity contribution in [1.29, 1.82) is 0 Å². The van der Waals surface area contributed by atoms with E-state index in [1.54, 1.807) is 0 Å². The molecule has 2 atom stereocenters. The van der Waals surface area contributed by atoms with E-state index in [9.17, 15) is 19.0 Å². The fraction of sp³-hybridized carbons (Fsp3) is 0.897. The monoisotopic (exact) mass is 718 g/mol. The fourth-order valence-electron chi connectivity index (χ4n) is 5.62. The first-order valence-corrected chi connectivity index (χ1v) is 21.7. The zero-order valence-corrected chi connectivity index (χ0v) is 32.6. The third-order valence-corrected chi connectivity index (χ3v) is 9.64. The van der Waals surface area contributed by atoms with Crippen LogP contribution in [0.3, 0.4) is 0 Å². The second-order valence-electron chi connectivity index (χ2n) is 13.5. The minimum atomic E-state index is -4.37. The molecule has 0 aromatic carbocycles. The Kier molecular flexibility index (Phi) is 35.6. The van der Waals surface area contributed by atoms with Gasteiger partial charge in [0.15, 0.2) is 6.10 Å². The van der Waals surface area contributed by atoms with Crippen LogP contribution < -0.4 is 5.73 Å². The highest BCUT2D eigenvalue weighted by Gasteiger charge is 2.26. The normalized spacial score (nSPS) is 13.5. The van der Waals surface area contributed by atoms with Gasteiger partial charge in [-0.05, 0) is 32.1 Å². The van der Waals surface area contributed by atoms with Gasteiger partial charge in [0.05, 0.1) is 13.2 Å². The number of carbonyl (C=O) groups excluding carboxylic acids is 2. The fourth-order valence-corrected chi connectivity index (χ4v) is 6.38. The van der Waals surface area contributed by atoms with Crippen LogP contribution in [0.5, 0.6) is 0 Å². The molecule has 9 nitrogen and oxygen atoms in total. The summed E-state index contributed by atoms with van der Waals surface area (Å²) in [6.45, 7) is 3.69. The summed E-state index contributed by atoms with van der Waals surface area (Å²) in [6.07, 6.45) is 35.3. The maximum absolute atomic E-state index is 12.5. The molecule has 290 valence electrons. The second-order valence-corrected chi connectivity index (χ2v) is 15.0. The predicted molar refractivity (Wildman–Crippen MR) is 201 cm³/mol. The summed E-state index contributed by atoms with van der Waals surface area (Å²) in [7, 11) is -4.37. The number of carbonyl (C=O) groups is 2. The molecule has 0 saturated carbocycles. The molecule has 49 heavy (non-hydrogen) atoms. The highest BCUT2D eigenvalue weighted by atomic mass is 31.2. The Hall–Kier alpha value is -1.25. The number of nitrogens with two attached hydrogens (primary N) is 1. The molecule has 0 spiro atoms. The van der Waals surface area contributed by atoms with E-state index >= 15 is 0 Å². The Labute approximate surface area is 300 Å². The molecule has 0 fully saturated rings. The number of phosphoric acid groups is 1. The first-order chi connectivity index (χ1) is 23.8. The molecule has 2 unspecified atom stereocenters. The van der Waals surface area contributed by atoms with Gasteiger partial charge in [0.25, 0.3) is 0 Å². The second kappa shape index (κ2) is 36.5. The summed E-state index contributed by atoms with van der Waals surface area (Å²) in [4.78, 5) is 34.7. The summed E-state index contributed by atoms with van der Waals surface area (Å²) < 4.78 is 32.7. The van der Waals surface area contributed by atoms with E-state index in [1.165, 1.54) is 103 Å². The van der Waals surface area contributed by atoms with Gasteiger partial charge in [-0.3, -0.25) is 18.6 Å². The molecule has 0 bridgehead atoms. The standard InChI is InChI=1S/C39H76NO8P/c1-3-5-7-9-11-13-15-16-17-18-19-20-22-23-25-27-29-31-38(41)45-35-37(36-47-49(43,44)46-34-33-40)48-39(42)32-30-28-26-24-21-14-12-10-8-6-4-2/h10,12,37H,3-9,11,13-36,40H2,1-2H3,(H,43,44)/b12-10-. The molecule has 0 aliphatic heterocycles. The van der Waals surface area contributed by atoms with Gasteiger partial charge >= 0.3 is 19.8 Å². The minimum Gasteiger partial charge on any atom is -0.462 e. The van der Waals surface area contributed by atoms with Crippen LogP contribution in [0.2, 0.25) is 0 Å². The van der Waals surface area contributed by atoms with E-state index < -0.39 is 26.5 Å². The first kappa shape index (κ1) is 47.8. The molecule has 0 heterocycles. The largest absolute Gasteiger partial charge is 0.472 e. The maximum atomic E-state index is 12.5. The highest BCUT2D eigenvalue weighted by Crippen LogP contribution is 2.43. The van der Waals surface area contributed by atoms with Crippen molar-refractivity contribution in [1.82, 2.24) is 0 Å². The minimum absolute atomic E-state index is 0.0546. The van der Waals surface area contributed by atoms with Gasteiger partial charge in [0.1, 0.15) is 6.61 Å². The van der Waals surface area contributed by atoms with E-state index in [0.717, 1.165) is 57.8 Å². The number of hydrogen-bond acceptors (Lipinski definition) is 8. The first-order valence-electron chi connectivity index (χ1n) is 20.2.